The van der Waals surface area contributed by atoms with Gasteiger partial charge in [-0.2, -0.15) is 0 Å². The molecule has 0 radical (unpaired) electrons. The number of likely N-dealkylation sites (tertiary alicyclic amines) is 1. The number of aliphatic hydroxyl groups excluding tert-OH is 1. The second kappa shape index (κ2) is 6.87. The molecule has 1 fully saturated rings. The molecular formula is C13H27NO3S. The first-order valence-corrected chi connectivity index (χ1v) is 8.73. The number of hydrogen-bond acceptors (Lipinski definition) is 4. The van der Waals surface area contributed by atoms with Crippen molar-refractivity contribution in [2.45, 2.75) is 63.9 Å². The quantitative estimate of drug-likeness (QED) is 0.798. The molecule has 0 unspecified atom stereocenters. The standard InChI is InChI=1S/C13H27NO3S/c1-4-13(15)12-7-5-6-8-14(12)9-10-18(16,17)11(2)3/h11-13,15H,4-10H2,1-3H3/t12-,13+/m1/s1. The van der Waals surface area contributed by atoms with Crippen molar-refractivity contribution >= 4 is 9.84 Å². The maximum Gasteiger partial charge on any atom is 0.153 e. The molecule has 5 heteroatoms. The van der Waals surface area contributed by atoms with Crippen LogP contribution in [0.4, 0.5) is 0 Å². The van der Waals surface area contributed by atoms with E-state index >= 15 is 0 Å². The highest BCUT2D eigenvalue weighted by Crippen LogP contribution is 2.21. The van der Waals surface area contributed by atoms with E-state index in [4.69, 9.17) is 0 Å². The number of rotatable bonds is 6. The van der Waals surface area contributed by atoms with Gasteiger partial charge in [-0.25, -0.2) is 8.42 Å². The van der Waals surface area contributed by atoms with Crippen LogP contribution in [0.3, 0.4) is 0 Å². The summed E-state index contributed by atoms with van der Waals surface area (Å²) in [6.45, 7) is 6.90. The number of nitrogens with zero attached hydrogens (tertiary/aromatic N) is 1. The monoisotopic (exact) mass is 277 g/mol. The Balaban J connectivity index is 2.58. The van der Waals surface area contributed by atoms with Crippen LogP contribution in [0.15, 0.2) is 0 Å². The zero-order valence-electron chi connectivity index (χ0n) is 11.8. The van der Waals surface area contributed by atoms with Gasteiger partial charge in [0.1, 0.15) is 0 Å². The van der Waals surface area contributed by atoms with E-state index in [9.17, 15) is 13.5 Å². The number of aliphatic hydroxyl groups is 1. The molecule has 18 heavy (non-hydrogen) atoms. The molecule has 0 aliphatic carbocycles. The third-order valence-corrected chi connectivity index (χ3v) is 6.10. The summed E-state index contributed by atoms with van der Waals surface area (Å²) in [4.78, 5) is 2.16. The van der Waals surface area contributed by atoms with Gasteiger partial charge >= 0.3 is 0 Å². The Morgan fingerprint density at radius 1 is 1.33 bits per heavy atom. The van der Waals surface area contributed by atoms with Gasteiger partial charge in [0.05, 0.1) is 17.1 Å². The van der Waals surface area contributed by atoms with E-state index in [1.807, 2.05) is 6.92 Å². The number of sulfone groups is 1. The van der Waals surface area contributed by atoms with Crippen LogP contribution >= 0.6 is 0 Å². The molecule has 0 amide bonds. The van der Waals surface area contributed by atoms with Crippen LogP contribution in [-0.2, 0) is 9.84 Å². The summed E-state index contributed by atoms with van der Waals surface area (Å²) < 4.78 is 23.7. The molecule has 0 bridgehead atoms. The van der Waals surface area contributed by atoms with Crippen molar-refractivity contribution < 1.29 is 13.5 Å². The van der Waals surface area contributed by atoms with Gasteiger partial charge in [-0.1, -0.05) is 13.3 Å². The molecule has 1 rings (SSSR count). The fraction of sp³-hybridized carbons (Fsp3) is 1.00. The Kier molecular flexibility index (Phi) is 6.08. The highest BCUT2D eigenvalue weighted by atomic mass is 32.2. The molecule has 2 atom stereocenters. The average Bonchev–Trinajstić information content (AvgIpc) is 2.35. The lowest BCUT2D eigenvalue weighted by Crippen LogP contribution is -2.48. The molecule has 0 spiro atoms. The minimum absolute atomic E-state index is 0.145. The maximum absolute atomic E-state index is 11.8. The third kappa shape index (κ3) is 4.21. The van der Waals surface area contributed by atoms with Crippen LogP contribution in [0.1, 0.15) is 46.5 Å². The van der Waals surface area contributed by atoms with Gasteiger partial charge < -0.3 is 5.11 Å². The van der Waals surface area contributed by atoms with Gasteiger partial charge in [0.2, 0.25) is 0 Å². The lowest BCUT2D eigenvalue weighted by atomic mass is 9.96. The topological polar surface area (TPSA) is 57.6 Å². The smallest absolute Gasteiger partial charge is 0.153 e. The van der Waals surface area contributed by atoms with E-state index in [0.29, 0.717) is 6.54 Å². The fourth-order valence-electron chi connectivity index (χ4n) is 2.48. The van der Waals surface area contributed by atoms with Gasteiger partial charge in [0.25, 0.3) is 0 Å². The molecule has 1 aliphatic heterocycles. The Labute approximate surface area is 111 Å². The molecular weight excluding hydrogens is 250 g/mol. The van der Waals surface area contributed by atoms with Crippen LogP contribution in [-0.4, -0.2) is 54.7 Å². The zero-order valence-corrected chi connectivity index (χ0v) is 12.6. The Morgan fingerprint density at radius 2 is 2.00 bits per heavy atom. The van der Waals surface area contributed by atoms with E-state index in [0.717, 1.165) is 32.2 Å². The normalized spacial score (nSPS) is 24.4. The van der Waals surface area contributed by atoms with Crippen molar-refractivity contribution in [2.24, 2.45) is 0 Å². The first kappa shape index (κ1) is 15.9. The molecule has 4 nitrogen and oxygen atoms in total. The van der Waals surface area contributed by atoms with Crippen LogP contribution in [0.2, 0.25) is 0 Å². The first-order chi connectivity index (χ1) is 8.38. The van der Waals surface area contributed by atoms with E-state index in [2.05, 4.69) is 4.90 Å². The van der Waals surface area contributed by atoms with Crippen molar-refractivity contribution in [1.82, 2.24) is 4.90 Å². The molecule has 1 N–H and O–H groups in total. The number of hydrogen-bond donors (Lipinski definition) is 1. The van der Waals surface area contributed by atoms with Crippen LogP contribution in [0.5, 0.6) is 0 Å². The summed E-state index contributed by atoms with van der Waals surface area (Å²) in [5, 5.41) is 9.69. The molecule has 1 aliphatic rings. The van der Waals surface area contributed by atoms with Crippen molar-refractivity contribution in [3.8, 4) is 0 Å². The van der Waals surface area contributed by atoms with Gasteiger partial charge in [-0.3, -0.25) is 4.90 Å². The van der Waals surface area contributed by atoms with Crippen molar-refractivity contribution in [1.29, 1.82) is 0 Å². The summed E-state index contributed by atoms with van der Waals surface area (Å²) in [5.74, 6) is 0.206. The molecule has 0 aromatic rings. The summed E-state index contributed by atoms with van der Waals surface area (Å²) in [6.07, 6.45) is 3.63. The van der Waals surface area contributed by atoms with Gasteiger partial charge in [-0.15, -0.1) is 0 Å². The maximum atomic E-state index is 11.8. The van der Waals surface area contributed by atoms with E-state index in [-0.39, 0.29) is 23.1 Å². The summed E-state index contributed by atoms with van der Waals surface area (Å²) in [6, 6.07) is 0.145. The SMILES string of the molecule is CC[C@H](O)[C@H]1CCCCN1CCS(=O)(=O)C(C)C. The molecule has 0 aromatic carbocycles. The highest BCUT2D eigenvalue weighted by Gasteiger charge is 2.29. The minimum atomic E-state index is -2.98. The summed E-state index contributed by atoms with van der Waals surface area (Å²) >= 11 is 0. The lowest BCUT2D eigenvalue weighted by molar-refractivity contribution is 0.0275. The van der Waals surface area contributed by atoms with E-state index < -0.39 is 9.84 Å². The fourth-order valence-corrected chi connectivity index (χ4v) is 3.44. The molecule has 1 heterocycles. The molecule has 1 saturated heterocycles. The molecule has 0 saturated carbocycles. The first-order valence-electron chi connectivity index (χ1n) is 7.02. The van der Waals surface area contributed by atoms with Crippen molar-refractivity contribution in [3.63, 3.8) is 0 Å². The second-order valence-electron chi connectivity index (χ2n) is 5.49. The zero-order chi connectivity index (χ0) is 13.8. The lowest BCUT2D eigenvalue weighted by Gasteiger charge is -2.38. The largest absolute Gasteiger partial charge is 0.392 e. The van der Waals surface area contributed by atoms with Gasteiger partial charge in [-0.05, 0) is 39.7 Å². The molecule has 0 aromatic heterocycles. The van der Waals surface area contributed by atoms with Crippen LogP contribution in [0, 0.1) is 0 Å². The number of piperidine rings is 1. The Morgan fingerprint density at radius 3 is 2.56 bits per heavy atom. The van der Waals surface area contributed by atoms with Gasteiger partial charge in [0.15, 0.2) is 9.84 Å². The Bertz CT molecular complexity index is 340. The Hall–Kier alpha value is -0.130. The minimum Gasteiger partial charge on any atom is -0.392 e. The van der Waals surface area contributed by atoms with Crippen molar-refractivity contribution in [3.05, 3.63) is 0 Å². The third-order valence-electron chi connectivity index (χ3n) is 3.91. The molecule has 108 valence electrons. The summed E-state index contributed by atoms with van der Waals surface area (Å²) in [5.41, 5.74) is 0. The van der Waals surface area contributed by atoms with Gasteiger partial charge in [0, 0.05) is 12.6 Å². The predicted octanol–water partition coefficient (Wildman–Crippen LogP) is 1.44. The summed E-state index contributed by atoms with van der Waals surface area (Å²) in [7, 11) is -2.98. The van der Waals surface area contributed by atoms with Crippen molar-refractivity contribution in [2.75, 3.05) is 18.8 Å². The highest BCUT2D eigenvalue weighted by molar-refractivity contribution is 7.92. The van der Waals surface area contributed by atoms with Crippen LogP contribution in [0.25, 0.3) is 0 Å². The second-order valence-corrected chi connectivity index (χ2v) is 8.17. The van der Waals surface area contributed by atoms with E-state index in [1.54, 1.807) is 13.8 Å². The predicted molar refractivity (Wildman–Crippen MR) is 74.4 cm³/mol. The van der Waals surface area contributed by atoms with E-state index in [1.165, 1.54) is 0 Å². The van der Waals surface area contributed by atoms with Crippen LogP contribution < -0.4 is 0 Å². The average molecular weight is 277 g/mol.